The molecular weight excluding hydrogens is 544 g/mol. The number of hydrogen-bond donors (Lipinski definition) is 1. The van der Waals surface area contributed by atoms with Crippen LogP contribution in [0.2, 0.25) is 0 Å². The lowest BCUT2D eigenvalue weighted by Crippen LogP contribution is -2.14. The standard InChI is InChI=1S/C31H29BrN2O2S/c32-24-16-12-23(13-17-24)21-36-26-18-14-22(15-19-26)20-33-31-29(30(35)34-25-8-4-3-5-9-25)27-10-6-1-2-7-11-28(27)37-31/h3-5,8-9,12-20H,1-2,6-7,10-11,21H2,(H,34,35). The first-order chi connectivity index (χ1) is 18.2. The summed E-state index contributed by atoms with van der Waals surface area (Å²) in [7, 11) is 0. The van der Waals surface area contributed by atoms with E-state index < -0.39 is 0 Å². The molecule has 0 saturated carbocycles. The molecule has 1 aliphatic rings. The fourth-order valence-electron chi connectivity index (χ4n) is 4.48. The maximum absolute atomic E-state index is 13.4. The van der Waals surface area contributed by atoms with Crippen molar-refractivity contribution in [2.75, 3.05) is 5.32 Å². The van der Waals surface area contributed by atoms with E-state index in [1.807, 2.05) is 85.1 Å². The summed E-state index contributed by atoms with van der Waals surface area (Å²) in [4.78, 5) is 19.6. The number of halogens is 1. The van der Waals surface area contributed by atoms with Gasteiger partial charge < -0.3 is 10.1 Å². The number of amides is 1. The predicted octanol–water partition coefficient (Wildman–Crippen LogP) is 8.75. The zero-order chi connectivity index (χ0) is 25.5. The Morgan fingerprint density at radius 3 is 2.41 bits per heavy atom. The normalized spacial score (nSPS) is 13.5. The van der Waals surface area contributed by atoms with Gasteiger partial charge in [0.05, 0.1) is 5.56 Å². The van der Waals surface area contributed by atoms with Gasteiger partial charge in [-0.05, 0) is 90.9 Å². The van der Waals surface area contributed by atoms with Crippen molar-refractivity contribution in [1.29, 1.82) is 0 Å². The number of para-hydroxylation sites is 1. The van der Waals surface area contributed by atoms with Crippen molar-refractivity contribution < 1.29 is 9.53 Å². The Balaban J connectivity index is 1.34. The van der Waals surface area contributed by atoms with Gasteiger partial charge in [-0.15, -0.1) is 11.3 Å². The van der Waals surface area contributed by atoms with Crippen LogP contribution < -0.4 is 10.1 Å². The van der Waals surface area contributed by atoms with Crippen LogP contribution in [-0.2, 0) is 19.4 Å². The number of thiophene rings is 1. The van der Waals surface area contributed by atoms with Crippen LogP contribution in [0.3, 0.4) is 0 Å². The van der Waals surface area contributed by atoms with E-state index >= 15 is 0 Å². The maximum Gasteiger partial charge on any atom is 0.259 e. The van der Waals surface area contributed by atoms with Crippen LogP contribution in [0.4, 0.5) is 10.7 Å². The van der Waals surface area contributed by atoms with E-state index in [-0.39, 0.29) is 5.91 Å². The Labute approximate surface area is 230 Å². The molecule has 0 unspecified atom stereocenters. The molecule has 0 fully saturated rings. The van der Waals surface area contributed by atoms with Crippen molar-refractivity contribution >= 4 is 50.1 Å². The zero-order valence-corrected chi connectivity index (χ0v) is 23.0. The highest BCUT2D eigenvalue weighted by atomic mass is 79.9. The number of carbonyl (C=O) groups excluding carboxylic acids is 1. The third-order valence-electron chi connectivity index (χ3n) is 6.44. The van der Waals surface area contributed by atoms with Crippen molar-refractivity contribution in [2.45, 2.75) is 45.1 Å². The number of benzene rings is 3. The highest BCUT2D eigenvalue weighted by molar-refractivity contribution is 9.10. The topological polar surface area (TPSA) is 50.7 Å². The van der Waals surface area contributed by atoms with Crippen molar-refractivity contribution in [3.05, 3.63) is 110 Å². The molecule has 3 aromatic carbocycles. The number of ether oxygens (including phenoxy) is 1. The molecular formula is C31H29BrN2O2S. The minimum absolute atomic E-state index is 0.0758. The number of rotatable bonds is 7. The summed E-state index contributed by atoms with van der Waals surface area (Å²) in [5.41, 5.74) is 4.79. The molecule has 1 amide bonds. The van der Waals surface area contributed by atoms with Gasteiger partial charge in [0.1, 0.15) is 17.4 Å². The second-order valence-electron chi connectivity index (χ2n) is 9.16. The molecule has 1 heterocycles. The average Bonchev–Trinajstić information content (AvgIpc) is 3.24. The van der Waals surface area contributed by atoms with Crippen LogP contribution in [0.25, 0.3) is 0 Å². The van der Waals surface area contributed by atoms with Crippen LogP contribution in [0.5, 0.6) is 5.75 Å². The van der Waals surface area contributed by atoms with Gasteiger partial charge in [0.25, 0.3) is 5.91 Å². The molecule has 1 N–H and O–H groups in total. The minimum atomic E-state index is -0.0758. The Bertz CT molecular complexity index is 1360. The first-order valence-corrected chi connectivity index (χ1v) is 14.3. The lowest BCUT2D eigenvalue weighted by atomic mass is 9.96. The molecule has 0 saturated heterocycles. The third kappa shape index (κ3) is 6.76. The summed E-state index contributed by atoms with van der Waals surface area (Å²) in [6, 6.07) is 25.6. The van der Waals surface area contributed by atoms with Gasteiger partial charge in [0.15, 0.2) is 0 Å². The number of nitrogens with zero attached hydrogens (tertiary/aromatic N) is 1. The molecule has 188 valence electrons. The second-order valence-corrected chi connectivity index (χ2v) is 11.2. The van der Waals surface area contributed by atoms with Gasteiger partial charge >= 0.3 is 0 Å². The van der Waals surface area contributed by atoms with Gasteiger partial charge in [-0.2, -0.15) is 0 Å². The zero-order valence-electron chi connectivity index (χ0n) is 20.6. The number of anilines is 1. The molecule has 4 aromatic rings. The van der Waals surface area contributed by atoms with Crippen LogP contribution in [0.1, 0.15) is 57.6 Å². The van der Waals surface area contributed by atoms with Gasteiger partial charge in [-0.25, -0.2) is 4.99 Å². The number of fused-ring (bicyclic) bond motifs is 1. The Morgan fingerprint density at radius 1 is 0.919 bits per heavy atom. The molecule has 6 heteroatoms. The minimum Gasteiger partial charge on any atom is -0.489 e. The summed E-state index contributed by atoms with van der Waals surface area (Å²) in [6.07, 6.45) is 8.53. The molecule has 37 heavy (non-hydrogen) atoms. The van der Waals surface area contributed by atoms with Crippen LogP contribution in [0, 0.1) is 0 Å². The van der Waals surface area contributed by atoms with E-state index in [1.54, 1.807) is 11.3 Å². The van der Waals surface area contributed by atoms with Crippen molar-refractivity contribution in [2.24, 2.45) is 4.99 Å². The molecule has 1 aliphatic carbocycles. The lowest BCUT2D eigenvalue weighted by molar-refractivity contribution is 0.102. The average molecular weight is 574 g/mol. The summed E-state index contributed by atoms with van der Waals surface area (Å²) in [6.45, 7) is 0.515. The van der Waals surface area contributed by atoms with E-state index in [0.717, 1.165) is 63.3 Å². The number of aryl methyl sites for hydroxylation is 1. The first kappa shape index (κ1) is 25.4. The predicted molar refractivity (Wildman–Crippen MR) is 157 cm³/mol. The quantitative estimate of drug-likeness (QED) is 0.225. The number of nitrogens with one attached hydrogen (secondary N) is 1. The Kier molecular flexibility index (Phi) is 8.49. The molecule has 4 nitrogen and oxygen atoms in total. The van der Waals surface area contributed by atoms with Crippen molar-refractivity contribution in [3.8, 4) is 5.75 Å². The number of hydrogen-bond acceptors (Lipinski definition) is 4. The smallest absolute Gasteiger partial charge is 0.259 e. The van der Waals surface area contributed by atoms with Gasteiger partial charge in [-0.3, -0.25) is 4.79 Å². The SMILES string of the molecule is O=C(Nc1ccccc1)c1c(N=Cc2ccc(OCc3ccc(Br)cc3)cc2)sc2c1CCCCCC2. The van der Waals surface area contributed by atoms with E-state index in [0.29, 0.717) is 6.61 Å². The molecule has 1 aromatic heterocycles. The van der Waals surface area contributed by atoms with Gasteiger partial charge in [0.2, 0.25) is 0 Å². The molecule has 0 atom stereocenters. The Morgan fingerprint density at radius 2 is 1.65 bits per heavy atom. The van der Waals surface area contributed by atoms with Gasteiger partial charge in [0, 0.05) is 21.3 Å². The fraction of sp³-hybridized carbons (Fsp3) is 0.226. The van der Waals surface area contributed by atoms with Crippen LogP contribution in [-0.4, -0.2) is 12.1 Å². The van der Waals surface area contributed by atoms with E-state index in [9.17, 15) is 4.79 Å². The molecule has 0 radical (unpaired) electrons. The Hall–Kier alpha value is -3.22. The summed E-state index contributed by atoms with van der Waals surface area (Å²) in [5, 5.41) is 3.87. The number of carbonyl (C=O) groups is 1. The lowest BCUT2D eigenvalue weighted by Gasteiger charge is -2.12. The summed E-state index contributed by atoms with van der Waals surface area (Å²) in [5.74, 6) is 0.732. The highest BCUT2D eigenvalue weighted by Gasteiger charge is 2.24. The van der Waals surface area contributed by atoms with Gasteiger partial charge in [-0.1, -0.05) is 59.1 Å². The molecule has 0 spiro atoms. The monoisotopic (exact) mass is 572 g/mol. The fourth-order valence-corrected chi connectivity index (χ4v) is 5.97. The number of aliphatic imine (C=N–C) groups is 1. The first-order valence-electron chi connectivity index (χ1n) is 12.7. The maximum atomic E-state index is 13.4. The van der Waals surface area contributed by atoms with E-state index in [1.165, 1.54) is 23.3 Å². The van der Waals surface area contributed by atoms with E-state index in [2.05, 4.69) is 21.2 Å². The molecule has 0 bridgehead atoms. The van der Waals surface area contributed by atoms with Crippen LogP contribution >= 0.6 is 27.3 Å². The highest BCUT2D eigenvalue weighted by Crippen LogP contribution is 2.39. The van der Waals surface area contributed by atoms with Crippen LogP contribution in [0.15, 0.2) is 88.3 Å². The molecule has 0 aliphatic heterocycles. The summed E-state index contributed by atoms with van der Waals surface area (Å²) >= 11 is 5.12. The largest absolute Gasteiger partial charge is 0.489 e. The summed E-state index contributed by atoms with van der Waals surface area (Å²) < 4.78 is 6.98. The van der Waals surface area contributed by atoms with E-state index in [4.69, 9.17) is 9.73 Å². The molecule has 5 rings (SSSR count). The second kappa shape index (κ2) is 12.3. The van der Waals surface area contributed by atoms with Crippen molar-refractivity contribution in [1.82, 2.24) is 0 Å². The van der Waals surface area contributed by atoms with Crippen molar-refractivity contribution in [3.63, 3.8) is 0 Å². The third-order valence-corrected chi connectivity index (χ3v) is 8.17.